The molecule has 6 aromatic rings. The Bertz CT molecular complexity index is 2950. The highest BCUT2D eigenvalue weighted by atomic mass is 31.2. The maximum Gasteiger partial charge on any atom is 0.472 e. The summed E-state index contributed by atoms with van der Waals surface area (Å²) in [5.74, 6) is -0.0813. The molecule has 8 heterocycles. The third kappa shape index (κ3) is 14.2. The first-order valence-electron chi connectivity index (χ1n) is 25.2. The minimum absolute atomic E-state index is 0.0144. The molecular formula is C44H66N16O14P2. The number of fused-ring (bicyclic) bond motifs is 3. The number of carbonyl (C=O) groups is 1. The van der Waals surface area contributed by atoms with Gasteiger partial charge in [-0.25, -0.2) is 54.0 Å². The van der Waals surface area contributed by atoms with Crippen molar-refractivity contribution in [3.05, 3.63) is 38.0 Å². The van der Waals surface area contributed by atoms with Crippen LogP contribution >= 0.6 is 15.6 Å². The van der Waals surface area contributed by atoms with Crippen molar-refractivity contribution in [2.24, 2.45) is 0 Å². The molecule has 0 saturated carbocycles. The average molecular weight is 1110 g/mol. The molecule has 32 heteroatoms. The van der Waals surface area contributed by atoms with Gasteiger partial charge in [0.05, 0.1) is 38.8 Å². The molecule has 10 unspecified atom stereocenters. The standard InChI is InChI=1S/C44H66N16O14P2/c1-2-3-4-5-6-7-8-9-10-11-12-13-14-15-29(61)48-18-27-33(62)35(43(71-27)59-24-56-31-38(46)50-21-53-41(31)59)74-76(66,67)70-19-28-34(63)36(44(72-28)60-25-57-32-39(47)51-22-54-42(32)60)73-75(64,65)69-17-16-68-26-58-23-55-30-37(45)49-20-52-40(30)58/h20-25,27-28,33-36,43-44,62-63H,2-19,26H2,1H3,(H,48,61)(H,64,65)(H,66,67)(H2,45,49,52)(H2,46,50,53)(H2,47,51,54). The number of nitrogens with one attached hydrogen (secondary N) is 1. The van der Waals surface area contributed by atoms with Gasteiger partial charge in [-0.15, -0.1) is 0 Å². The lowest BCUT2D eigenvalue weighted by atomic mass is 10.0. The second-order valence-corrected chi connectivity index (χ2v) is 21.3. The van der Waals surface area contributed by atoms with Crippen molar-refractivity contribution in [2.45, 2.75) is 153 Å². The van der Waals surface area contributed by atoms with Crippen LogP contribution in [0, 0.1) is 0 Å². The van der Waals surface area contributed by atoms with Crippen molar-refractivity contribution in [2.75, 3.05) is 43.6 Å². The maximum atomic E-state index is 13.9. The number of nitrogens with two attached hydrogens (primary N) is 3. The first kappa shape index (κ1) is 56.7. The van der Waals surface area contributed by atoms with E-state index in [4.69, 9.17) is 49.5 Å². The molecule has 0 radical (unpaired) electrons. The predicted molar refractivity (Wildman–Crippen MR) is 270 cm³/mol. The molecule has 8 rings (SSSR count). The maximum absolute atomic E-state index is 13.9. The summed E-state index contributed by atoms with van der Waals surface area (Å²) in [6, 6.07) is 0. The van der Waals surface area contributed by atoms with Gasteiger partial charge >= 0.3 is 15.6 Å². The van der Waals surface area contributed by atoms with E-state index in [0.29, 0.717) is 17.6 Å². The molecule has 10 atom stereocenters. The number of rotatable bonds is 31. The van der Waals surface area contributed by atoms with E-state index in [1.807, 2.05) is 0 Å². The number of ether oxygens (including phenoxy) is 3. The molecule has 2 aliphatic rings. The number of carbonyl (C=O) groups excluding carboxylic acids is 1. The Morgan fingerprint density at radius 1 is 0.618 bits per heavy atom. The zero-order chi connectivity index (χ0) is 53.8. The van der Waals surface area contributed by atoms with E-state index in [1.165, 1.54) is 103 Å². The number of aromatic nitrogens is 12. The molecule has 0 aromatic carbocycles. The highest BCUT2D eigenvalue weighted by molar-refractivity contribution is 7.47. The number of aliphatic hydroxyl groups is 2. The Balaban J connectivity index is 0.875. The average Bonchev–Trinajstić information content (AvgIpc) is 4.28. The first-order valence-corrected chi connectivity index (χ1v) is 28.2. The topological polar surface area (TPSA) is 418 Å². The number of nitrogen functional groups attached to an aromatic ring is 3. The van der Waals surface area contributed by atoms with Gasteiger partial charge in [0.1, 0.15) is 78.9 Å². The summed E-state index contributed by atoms with van der Waals surface area (Å²) in [7, 11) is -10.3. The molecule has 30 nitrogen and oxygen atoms in total. The van der Waals surface area contributed by atoms with E-state index in [-0.39, 0.29) is 72.0 Å². The molecule has 0 bridgehead atoms. The lowest BCUT2D eigenvalue weighted by molar-refractivity contribution is -0.122. The highest BCUT2D eigenvalue weighted by Crippen LogP contribution is 2.52. The predicted octanol–water partition coefficient (Wildman–Crippen LogP) is 3.35. The van der Waals surface area contributed by atoms with Crippen LogP contribution in [0.2, 0.25) is 0 Å². The molecule has 11 N–H and O–H groups in total. The molecular weight excluding hydrogens is 1040 g/mol. The van der Waals surface area contributed by atoms with Crippen molar-refractivity contribution in [3.63, 3.8) is 0 Å². The van der Waals surface area contributed by atoms with Crippen LogP contribution in [0.3, 0.4) is 0 Å². The Kier molecular flexibility index (Phi) is 19.6. The van der Waals surface area contributed by atoms with E-state index in [1.54, 1.807) is 0 Å². The van der Waals surface area contributed by atoms with Gasteiger partial charge in [-0.05, 0) is 6.42 Å². The van der Waals surface area contributed by atoms with Crippen LogP contribution in [0.1, 0.15) is 109 Å². The molecule has 76 heavy (non-hydrogen) atoms. The van der Waals surface area contributed by atoms with Gasteiger partial charge in [0, 0.05) is 13.0 Å². The van der Waals surface area contributed by atoms with Crippen LogP contribution in [-0.2, 0) is 53.0 Å². The number of nitrogens with zero attached hydrogens (tertiary/aromatic N) is 12. The second kappa shape index (κ2) is 26.3. The minimum Gasteiger partial charge on any atom is -0.387 e. The van der Waals surface area contributed by atoms with Crippen LogP contribution in [0.4, 0.5) is 17.5 Å². The largest absolute Gasteiger partial charge is 0.472 e. The van der Waals surface area contributed by atoms with Gasteiger partial charge in [-0.3, -0.25) is 36.6 Å². The summed E-state index contributed by atoms with van der Waals surface area (Å²) in [5.41, 5.74) is 19.1. The normalized spacial score (nSPS) is 23.4. The zero-order valence-corrected chi connectivity index (χ0v) is 43.7. The molecule has 2 fully saturated rings. The van der Waals surface area contributed by atoms with Gasteiger partial charge in [-0.1, -0.05) is 84.0 Å². The fourth-order valence-corrected chi connectivity index (χ4v) is 10.9. The van der Waals surface area contributed by atoms with Gasteiger partial charge in [0.25, 0.3) is 0 Å². The molecule has 2 saturated heterocycles. The lowest BCUT2D eigenvalue weighted by Gasteiger charge is -2.25. The number of amides is 1. The second-order valence-electron chi connectivity index (χ2n) is 18.5. The van der Waals surface area contributed by atoms with Crippen LogP contribution < -0.4 is 22.5 Å². The highest BCUT2D eigenvalue weighted by Gasteiger charge is 2.52. The fourth-order valence-electron chi connectivity index (χ4n) is 9.04. The molecule has 416 valence electrons. The Labute approximate surface area is 435 Å². The van der Waals surface area contributed by atoms with Gasteiger partial charge in [-0.2, -0.15) is 0 Å². The number of imidazole rings is 3. The molecule has 0 spiro atoms. The number of hydrogen-bond donors (Lipinski definition) is 8. The summed E-state index contributed by atoms with van der Waals surface area (Å²) in [6.45, 7) is 0.352. The van der Waals surface area contributed by atoms with Gasteiger partial charge < -0.3 is 56.7 Å². The smallest absolute Gasteiger partial charge is 0.387 e. The summed E-state index contributed by atoms with van der Waals surface area (Å²) < 4.78 is 71.0. The quantitative estimate of drug-likeness (QED) is 0.0228. The number of unbranched alkanes of at least 4 members (excludes halogenated alkanes) is 12. The number of hydrogen-bond acceptors (Lipinski definition) is 24. The van der Waals surface area contributed by atoms with Crippen LogP contribution in [0.25, 0.3) is 33.5 Å². The van der Waals surface area contributed by atoms with Crippen LogP contribution in [0.5, 0.6) is 0 Å². The van der Waals surface area contributed by atoms with Crippen molar-refractivity contribution in [3.8, 4) is 0 Å². The van der Waals surface area contributed by atoms with Crippen molar-refractivity contribution in [1.29, 1.82) is 0 Å². The Morgan fingerprint density at radius 2 is 1.08 bits per heavy atom. The number of phosphoric ester groups is 2. The summed E-state index contributed by atoms with van der Waals surface area (Å²) >= 11 is 0. The molecule has 6 aromatic heterocycles. The molecule has 2 aliphatic heterocycles. The summed E-state index contributed by atoms with van der Waals surface area (Å²) in [6.07, 6.45) is 10.3. The van der Waals surface area contributed by atoms with E-state index in [2.05, 4.69) is 57.1 Å². The van der Waals surface area contributed by atoms with E-state index in [0.717, 1.165) is 25.6 Å². The van der Waals surface area contributed by atoms with Crippen molar-refractivity contribution >= 4 is 72.5 Å². The lowest BCUT2D eigenvalue weighted by Crippen LogP contribution is -2.40. The van der Waals surface area contributed by atoms with Gasteiger partial charge in [0.2, 0.25) is 5.91 Å². The SMILES string of the molecule is CCCCCCCCCCCCCCCC(=O)NCC1OC(n2cnc3c(N)ncnc32)C(OP(=O)(O)OCC2OC(n3cnc4c(N)ncnc43)C(OP(=O)(O)OCCOCn3cnc4c(N)ncnc43)C2O)C1O. The number of aliphatic hydroxyl groups excluding tert-OH is 2. The van der Waals surface area contributed by atoms with Crippen molar-refractivity contribution < 1.29 is 66.2 Å². The Morgan fingerprint density at radius 3 is 1.63 bits per heavy atom. The third-order valence-corrected chi connectivity index (χ3v) is 15.0. The van der Waals surface area contributed by atoms with Crippen LogP contribution in [-0.4, -0.2) is 147 Å². The number of phosphoric acid groups is 2. The summed E-state index contributed by atoms with van der Waals surface area (Å²) in [5, 5.41) is 26.1. The van der Waals surface area contributed by atoms with Crippen molar-refractivity contribution in [1.82, 2.24) is 63.9 Å². The fraction of sp³-hybridized carbons (Fsp3) is 0.636. The Hall–Kier alpha value is -5.46. The summed E-state index contributed by atoms with van der Waals surface area (Å²) in [4.78, 5) is 72.0. The minimum atomic E-state index is -5.28. The van der Waals surface area contributed by atoms with Gasteiger partial charge in [0.15, 0.2) is 46.9 Å². The van der Waals surface area contributed by atoms with E-state index in [9.17, 15) is 33.9 Å². The zero-order valence-electron chi connectivity index (χ0n) is 41.9. The number of anilines is 3. The van der Waals surface area contributed by atoms with E-state index >= 15 is 0 Å². The monoisotopic (exact) mass is 1100 g/mol. The molecule has 0 aliphatic carbocycles. The van der Waals surface area contributed by atoms with Crippen LogP contribution in [0.15, 0.2) is 38.0 Å². The third-order valence-electron chi connectivity index (χ3n) is 13.0. The van der Waals surface area contributed by atoms with E-state index < -0.39 is 77.9 Å². The first-order chi connectivity index (χ1) is 36.6. The molecule has 1 amide bonds.